The Morgan fingerprint density at radius 3 is 2.37 bits per heavy atom. The van der Waals surface area contributed by atoms with Gasteiger partial charge in [-0.05, 0) is 36.8 Å². The van der Waals surface area contributed by atoms with Crippen molar-refractivity contribution in [1.82, 2.24) is 0 Å². The molecule has 0 bridgehead atoms. The fourth-order valence-corrected chi connectivity index (χ4v) is 2.01. The van der Waals surface area contributed by atoms with Crippen LogP contribution >= 0.6 is 0 Å². The molecule has 0 aliphatic carbocycles. The van der Waals surface area contributed by atoms with E-state index in [2.05, 4.69) is 6.92 Å². The molecule has 0 radical (unpaired) electrons. The smallest absolute Gasteiger partial charge is 0.342 e. The van der Waals surface area contributed by atoms with Gasteiger partial charge < -0.3 is 9.84 Å². The molecule has 0 heterocycles. The molecule has 19 heavy (non-hydrogen) atoms. The maximum Gasteiger partial charge on any atom is 0.342 e. The van der Waals surface area contributed by atoms with E-state index in [1.807, 2.05) is 26.8 Å². The maximum atomic E-state index is 12.1. The Balaban J connectivity index is 2.98. The average molecular weight is 264 g/mol. The number of aromatic hydroxyl groups is 1. The van der Waals surface area contributed by atoms with E-state index in [0.29, 0.717) is 0 Å². The molecule has 1 rings (SSSR count). The number of phenolic OH excluding ortho intramolecular Hbond substituents is 1. The van der Waals surface area contributed by atoms with Gasteiger partial charge in [0.15, 0.2) is 0 Å². The zero-order chi connectivity index (χ0) is 14.4. The molecule has 0 amide bonds. The van der Waals surface area contributed by atoms with Crippen LogP contribution in [0.25, 0.3) is 0 Å². The Bertz CT molecular complexity index is 422. The summed E-state index contributed by atoms with van der Waals surface area (Å²) in [6, 6.07) is 5.27. The Morgan fingerprint density at radius 1 is 1.21 bits per heavy atom. The van der Waals surface area contributed by atoms with Gasteiger partial charge in [0.2, 0.25) is 0 Å². The van der Waals surface area contributed by atoms with Gasteiger partial charge in [0.05, 0.1) is 0 Å². The number of hydrogen-bond donors (Lipinski definition) is 1. The molecule has 3 heteroatoms. The number of carbonyl (C=O) groups is 1. The molecule has 0 fully saturated rings. The third kappa shape index (κ3) is 3.72. The minimum atomic E-state index is -0.434. The molecule has 0 aliphatic rings. The van der Waals surface area contributed by atoms with Gasteiger partial charge in [-0.15, -0.1) is 0 Å². The number of esters is 1. The zero-order valence-corrected chi connectivity index (χ0v) is 12.3. The molecule has 1 aromatic rings. The molecule has 0 saturated heterocycles. The van der Waals surface area contributed by atoms with Crippen molar-refractivity contribution in [3.05, 3.63) is 29.3 Å². The fourth-order valence-electron chi connectivity index (χ4n) is 2.01. The second-order valence-electron chi connectivity index (χ2n) is 4.90. The third-order valence-electron chi connectivity index (χ3n) is 3.61. The third-order valence-corrected chi connectivity index (χ3v) is 3.61. The first-order chi connectivity index (χ1) is 9.04. The van der Waals surface area contributed by atoms with Gasteiger partial charge in [-0.1, -0.05) is 39.8 Å². The van der Waals surface area contributed by atoms with Crippen molar-refractivity contribution in [2.75, 3.05) is 0 Å². The molecule has 1 atom stereocenters. The van der Waals surface area contributed by atoms with Gasteiger partial charge in [-0.2, -0.15) is 0 Å². The van der Waals surface area contributed by atoms with Crippen LogP contribution in [0.2, 0.25) is 0 Å². The monoisotopic (exact) mass is 264 g/mol. The highest BCUT2D eigenvalue weighted by molar-refractivity contribution is 5.93. The number of para-hydroxylation sites is 1. The summed E-state index contributed by atoms with van der Waals surface area (Å²) >= 11 is 0. The number of ether oxygens (including phenoxy) is 1. The van der Waals surface area contributed by atoms with Gasteiger partial charge in [0, 0.05) is 0 Å². The Labute approximate surface area is 115 Å². The van der Waals surface area contributed by atoms with Crippen molar-refractivity contribution in [3.63, 3.8) is 0 Å². The predicted octanol–water partition coefficient (Wildman–Crippen LogP) is 4.25. The number of hydrogen-bond acceptors (Lipinski definition) is 3. The lowest BCUT2D eigenvalue weighted by Crippen LogP contribution is -2.17. The largest absolute Gasteiger partial charge is 0.507 e. The molecule has 1 N–H and O–H groups in total. The summed E-state index contributed by atoms with van der Waals surface area (Å²) in [5.41, 5.74) is 1.08. The van der Waals surface area contributed by atoms with Gasteiger partial charge in [-0.3, -0.25) is 0 Å². The van der Waals surface area contributed by atoms with Crippen LogP contribution in [-0.2, 0) is 4.74 Å². The van der Waals surface area contributed by atoms with Crippen molar-refractivity contribution in [2.45, 2.75) is 59.0 Å². The highest BCUT2D eigenvalue weighted by Gasteiger charge is 2.20. The molecule has 0 aliphatic heterocycles. The zero-order valence-electron chi connectivity index (χ0n) is 12.3. The molecular weight excluding hydrogens is 240 g/mol. The van der Waals surface area contributed by atoms with Crippen LogP contribution in [-0.4, -0.2) is 17.2 Å². The Morgan fingerprint density at radius 2 is 1.84 bits per heavy atom. The molecule has 3 nitrogen and oxygen atoms in total. The van der Waals surface area contributed by atoms with Gasteiger partial charge >= 0.3 is 5.97 Å². The van der Waals surface area contributed by atoms with E-state index >= 15 is 0 Å². The summed E-state index contributed by atoms with van der Waals surface area (Å²) in [4.78, 5) is 12.1. The van der Waals surface area contributed by atoms with Crippen LogP contribution < -0.4 is 0 Å². The average Bonchev–Trinajstić information content (AvgIpc) is 2.43. The van der Waals surface area contributed by atoms with E-state index in [9.17, 15) is 9.90 Å². The molecule has 0 aromatic heterocycles. The lowest BCUT2D eigenvalue weighted by Gasteiger charge is -2.17. The van der Waals surface area contributed by atoms with Crippen molar-refractivity contribution in [2.24, 2.45) is 0 Å². The highest BCUT2D eigenvalue weighted by atomic mass is 16.5. The SMILES string of the molecule is CCC(CC)OC(=O)c1cccc(C(C)CC)c1O. The van der Waals surface area contributed by atoms with Gasteiger partial charge in [-0.25, -0.2) is 4.79 Å². The molecule has 0 spiro atoms. The molecule has 1 aromatic carbocycles. The summed E-state index contributed by atoms with van der Waals surface area (Å²) in [5.74, 6) is -0.148. The van der Waals surface area contributed by atoms with Crippen LogP contribution in [0.1, 0.15) is 68.8 Å². The minimum absolute atomic E-state index is 0.0628. The molecule has 0 saturated carbocycles. The number of rotatable bonds is 6. The van der Waals surface area contributed by atoms with Crippen molar-refractivity contribution in [1.29, 1.82) is 0 Å². The molecule has 1 unspecified atom stereocenters. The summed E-state index contributed by atoms with van der Waals surface area (Å²) in [6.45, 7) is 8.05. The lowest BCUT2D eigenvalue weighted by molar-refractivity contribution is 0.0281. The van der Waals surface area contributed by atoms with Crippen LogP contribution in [0.5, 0.6) is 5.75 Å². The fraction of sp³-hybridized carbons (Fsp3) is 0.562. The lowest BCUT2D eigenvalue weighted by atomic mass is 9.95. The highest BCUT2D eigenvalue weighted by Crippen LogP contribution is 2.31. The van der Waals surface area contributed by atoms with E-state index in [1.165, 1.54) is 0 Å². The standard InChI is InChI=1S/C16H24O3/c1-5-11(4)13-9-8-10-14(15(13)17)16(18)19-12(6-2)7-3/h8-12,17H,5-7H2,1-4H3. The van der Waals surface area contributed by atoms with Gasteiger partial charge in [0.25, 0.3) is 0 Å². The summed E-state index contributed by atoms with van der Waals surface area (Å²) in [6.07, 6.45) is 2.40. The van der Waals surface area contributed by atoms with Crippen molar-refractivity contribution in [3.8, 4) is 5.75 Å². The van der Waals surface area contributed by atoms with Crippen molar-refractivity contribution >= 4 is 5.97 Å². The second kappa shape index (κ2) is 7.17. The second-order valence-corrected chi connectivity index (χ2v) is 4.90. The van der Waals surface area contributed by atoms with Crippen molar-refractivity contribution < 1.29 is 14.6 Å². The molecule has 106 valence electrons. The van der Waals surface area contributed by atoms with E-state index in [4.69, 9.17) is 4.74 Å². The van der Waals surface area contributed by atoms with Crippen LogP contribution in [0, 0.1) is 0 Å². The first kappa shape index (κ1) is 15.5. The number of benzene rings is 1. The number of carbonyl (C=O) groups excluding carboxylic acids is 1. The van der Waals surface area contributed by atoms with Crippen LogP contribution in [0.15, 0.2) is 18.2 Å². The van der Waals surface area contributed by atoms with E-state index in [-0.39, 0.29) is 23.3 Å². The van der Waals surface area contributed by atoms with E-state index in [1.54, 1.807) is 12.1 Å². The first-order valence-corrected chi connectivity index (χ1v) is 7.07. The quantitative estimate of drug-likeness (QED) is 0.781. The summed E-state index contributed by atoms with van der Waals surface area (Å²) in [7, 11) is 0. The summed E-state index contributed by atoms with van der Waals surface area (Å²) < 4.78 is 5.39. The van der Waals surface area contributed by atoms with E-state index in [0.717, 1.165) is 24.8 Å². The first-order valence-electron chi connectivity index (χ1n) is 7.07. The van der Waals surface area contributed by atoms with E-state index < -0.39 is 5.97 Å². The normalized spacial score (nSPS) is 12.5. The predicted molar refractivity (Wildman–Crippen MR) is 76.6 cm³/mol. The Kier molecular flexibility index (Phi) is 5.87. The minimum Gasteiger partial charge on any atom is -0.507 e. The Hall–Kier alpha value is -1.51. The van der Waals surface area contributed by atoms with Gasteiger partial charge in [0.1, 0.15) is 17.4 Å². The topological polar surface area (TPSA) is 46.5 Å². The maximum absolute atomic E-state index is 12.1. The van der Waals surface area contributed by atoms with Crippen LogP contribution in [0.3, 0.4) is 0 Å². The summed E-state index contributed by atoms with van der Waals surface area (Å²) in [5, 5.41) is 10.2. The number of phenols is 1. The van der Waals surface area contributed by atoms with Crippen LogP contribution in [0.4, 0.5) is 0 Å². The molecular formula is C16H24O3.